The third-order valence-corrected chi connectivity index (χ3v) is 6.31. The van der Waals surface area contributed by atoms with Crippen LogP contribution in [0.1, 0.15) is 31.4 Å². The minimum atomic E-state index is -0.891. The number of allylic oxidation sites excluding steroid dienone is 1. The summed E-state index contributed by atoms with van der Waals surface area (Å²) >= 11 is 0. The molecule has 1 saturated heterocycles. The molecule has 1 fully saturated rings. The highest BCUT2D eigenvalue weighted by atomic mass is 16.6. The Morgan fingerprint density at radius 3 is 2.51 bits per heavy atom. The average Bonchev–Trinajstić information content (AvgIpc) is 3.25. The van der Waals surface area contributed by atoms with Gasteiger partial charge in [0, 0.05) is 0 Å². The maximum atomic E-state index is 13.1. The molecule has 0 unspecified atom stereocenters. The van der Waals surface area contributed by atoms with Gasteiger partial charge >= 0.3 is 6.09 Å². The lowest BCUT2D eigenvalue weighted by atomic mass is 9.89. The molecular weight excluding hydrogens is 446 g/mol. The van der Waals surface area contributed by atoms with Crippen molar-refractivity contribution in [3.63, 3.8) is 0 Å². The molecule has 3 rings (SSSR count). The Bertz CT molecular complexity index is 975. The molecule has 1 aliphatic heterocycles. The van der Waals surface area contributed by atoms with E-state index in [1.54, 1.807) is 14.0 Å². The first-order valence-electron chi connectivity index (χ1n) is 12.0. The number of benzene rings is 2. The third kappa shape index (κ3) is 7.41. The van der Waals surface area contributed by atoms with Crippen LogP contribution in [0.5, 0.6) is 5.75 Å². The van der Waals surface area contributed by atoms with E-state index in [0.717, 1.165) is 16.9 Å². The largest absolute Gasteiger partial charge is 0.497 e. The highest BCUT2D eigenvalue weighted by molar-refractivity contribution is 5.95. The Labute approximate surface area is 207 Å². The molecule has 1 N–H and O–H groups in total. The molecule has 188 valence electrons. The maximum absolute atomic E-state index is 13.1. The second-order valence-electron chi connectivity index (χ2n) is 8.96. The summed E-state index contributed by atoms with van der Waals surface area (Å²) in [6, 6.07) is 17.0. The standard InChI is InChI=1S/C28H35NO6/c1-20(9-7-8-16-34-18-23-12-14-25(33-3)15-13-23)26(30)21(2)27(31)29-24(19-35-28(29)32)17-22-10-5-4-6-11-22/h4-8,10-15,20-21,24,26,30H,9,16-19H2,1-3H3/b8-7-/t20-,21+,24+,26-/m1/s1. The highest BCUT2D eigenvalue weighted by Crippen LogP contribution is 2.24. The van der Waals surface area contributed by atoms with Crippen LogP contribution in [-0.2, 0) is 27.3 Å². The van der Waals surface area contributed by atoms with Gasteiger partial charge in [0.1, 0.15) is 12.4 Å². The Kier molecular flexibility index (Phi) is 9.87. The topological polar surface area (TPSA) is 85.3 Å². The van der Waals surface area contributed by atoms with Gasteiger partial charge in [0.2, 0.25) is 5.91 Å². The number of nitrogens with zero attached hydrogens (tertiary/aromatic N) is 1. The molecule has 0 aliphatic carbocycles. The van der Waals surface area contributed by atoms with E-state index in [9.17, 15) is 14.7 Å². The normalized spacial score (nSPS) is 18.3. The summed E-state index contributed by atoms with van der Waals surface area (Å²) in [5.41, 5.74) is 2.08. The van der Waals surface area contributed by atoms with Gasteiger partial charge in [-0.25, -0.2) is 9.69 Å². The fourth-order valence-corrected chi connectivity index (χ4v) is 4.11. The fraction of sp³-hybridized carbons (Fsp3) is 0.429. The van der Waals surface area contributed by atoms with Gasteiger partial charge in [-0.15, -0.1) is 0 Å². The predicted molar refractivity (Wildman–Crippen MR) is 133 cm³/mol. The molecule has 7 heteroatoms. The van der Waals surface area contributed by atoms with Crippen LogP contribution in [0.2, 0.25) is 0 Å². The molecule has 1 aliphatic rings. The Balaban J connectivity index is 1.45. The summed E-state index contributed by atoms with van der Waals surface area (Å²) in [6.45, 7) is 4.66. The highest BCUT2D eigenvalue weighted by Gasteiger charge is 2.41. The maximum Gasteiger partial charge on any atom is 0.416 e. The molecule has 0 bridgehead atoms. The van der Waals surface area contributed by atoms with E-state index in [1.807, 2.05) is 73.7 Å². The number of imide groups is 1. The van der Waals surface area contributed by atoms with Crippen LogP contribution >= 0.6 is 0 Å². The van der Waals surface area contributed by atoms with Gasteiger partial charge in [-0.05, 0) is 42.0 Å². The van der Waals surface area contributed by atoms with Gasteiger partial charge in [-0.3, -0.25) is 4.79 Å². The number of carbonyl (C=O) groups excluding carboxylic acids is 2. The lowest BCUT2D eigenvalue weighted by Crippen LogP contribution is -2.46. The van der Waals surface area contributed by atoms with Crippen molar-refractivity contribution in [2.45, 2.75) is 45.4 Å². The van der Waals surface area contributed by atoms with Gasteiger partial charge in [0.05, 0.1) is 38.4 Å². The van der Waals surface area contributed by atoms with Gasteiger partial charge in [-0.2, -0.15) is 0 Å². The first-order valence-corrected chi connectivity index (χ1v) is 12.0. The summed E-state index contributed by atoms with van der Waals surface area (Å²) < 4.78 is 16.0. The lowest BCUT2D eigenvalue weighted by Gasteiger charge is -2.28. The van der Waals surface area contributed by atoms with Crippen LogP contribution in [0.3, 0.4) is 0 Å². The van der Waals surface area contributed by atoms with Crippen molar-refractivity contribution in [1.29, 1.82) is 0 Å². The summed E-state index contributed by atoms with van der Waals surface area (Å²) in [6.07, 6.45) is 3.43. The van der Waals surface area contributed by atoms with E-state index >= 15 is 0 Å². The molecule has 2 aromatic carbocycles. The quantitative estimate of drug-likeness (QED) is 0.358. The van der Waals surface area contributed by atoms with Crippen molar-refractivity contribution in [2.24, 2.45) is 11.8 Å². The molecular formula is C28H35NO6. The SMILES string of the molecule is COc1ccc(COC/C=C\C[C@@H](C)[C@@H](O)[C@H](C)C(=O)N2C(=O)OC[C@@H]2Cc2ccccc2)cc1. The van der Waals surface area contributed by atoms with Crippen molar-refractivity contribution in [3.8, 4) is 5.75 Å². The number of hydrogen-bond donors (Lipinski definition) is 1. The van der Waals surface area contributed by atoms with E-state index in [-0.39, 0.29) is 18.6 Å². The number of amides is 2. The fourth-order valence-electron chi connectivity index (χ4n) is 4.11. The van der Waals surface area contributed by atoms with Crippen molar-refractivity contribution in [2.75, 3.05) is 20.3 Å². The Morgan fingerprint density at radius 2 is 1.83 bits per heavy atom. The molecule has 0 aromatic heterocycles. The van der Waals surface area contributed by atoms with Gasteiger partial charge in [0.25, 0.3) is 0 Å². The van der Waals surface area contributed by atoms with E-state index in [1.165, 1.54) is 4.90 Å². The van der Waals surface area contributed by atoms with Crippen LogP contribution in [0.4, 0.5) is 4.79 Å². The van der Waals surface area contributed by atoms with Crippen LogP contribution in [0.15, 0.2) is 66.7 Å². The summed E-state index contributed by atoms with van der Waals surface area (Å²) in [5.74, 6) is -0.492. The van der Waals surface area contributed by atoms with Crippen LogP contribution in [-0.4, -0.2) is 54.5 Å². The number of hydrogen-bond acceptors (Lipinski definition) is 6. The number of aliphatic hydroxyl groups excluding tert-OH is 1. The molecule has 0 saturated carbocycles. The second kappa shape index (κ2) is 13.1. The van der Waals surface area contributed by atoms with Crippen LogP contribution < -0.4 is 4.74 Å². The Morgan fingerprint density at radius 1 is 1.11 bits per heavy atom. The van der Waals surface area contributed by atoms with Crippen molar-refractivity contribution in [1.82, 2.24) is 4.90 Å². The zero-order chi connectivity index (χ0) is 25.2. The number of cyclic esters (lactones) is 1. The average molecular weight is 482 g/mol. The third-order valence-electron chi connectivity index (χ3n) is 6.31. The van der Waals surface area contributed by atoms with Gasteiger partial charge < -0.3 is 19.3 Å². The first-order chi connectivity index (χ1) is 16.9. The molecule has 0 spiro atoms. The summed E-state index contributed by atoms with van der Waals surface area (Å²) in [7, 11) is 1.63. The number of ether oxygens (including phenoxy) is 3. The van der Waals surface area contributed by atoms with E-state index < -0.39 is 24.0 Å². The molecule has 2 amide bonds. The molecule has 4 atom stereocenters. The van der Waals surface area contributed by atoms with Gasteiger partial charge in [0.15, 0.2) is 0 Å². The van der Waals surface area contributed by atoms with E-state index in [2.05, 4.69) is 0 Å². The molecule has 2 aromatic rings. The molecule has 0 radical (unpaired) electrons. The first kappa shape index (κ1) is 26.4. The van der Waals surface area contributed by atoms with Gasteiger partial charge in [-0.1, -0.05) is 68.5 Å². The zero-order valence-electron chi connectivity index (χ0n) is 20.6. The van der Waals surface area contributed by atoms with Crippen LogP contribution in [0.25, 0.3) is 0 Å². The van der Waals surface area contributed by atoms with Crippen molar-refractivity contribution < 1.29 is 28.9 Å². The lowest BCUT2D eigenvalue weighted by molar-refractivity contribution is -0.137. The molecule has 1 heterocycles. The minimum absolute atomic E-state index is 0.164. The minimum Gasteiger partial charge on any atom is -0.497 e. The number of aliphatic hydroxyl groups is 1. The summed E-state index contributed by atoms with van der Waals surface area (Å²) in [4.78, 5) is 26.6. The predicted octanol–water partition coefficient (Wildman–Crippen LogP) is 4.38. The number of carbonyl (C=O) groups is 2. The van der Waals surface area contributed by atoms with E-state index in [4.69, 9.17) is 14.2 Å². The Hall–Kier alpha value is -3.16. The number of rotatable bonds is 12. The van der Waals surface area contributed by atoms with Crippen molar-refractivity contribution in [3.05, 3.63) is 77.9 Å². The van der Waals surface area contributed by atoms with Crippen molar-refractivity contribution >= 4 is 12.0 Å². The van der Waals surface area contributed by atoms with E-state index in [0.29, 0.717) is 26.1 Å². The monoisotopic (exact) mass is 481 g/mol. The number of methoxy groups -OCH3 is 1. The molecule has 35 heavy (non-hydrogen) atoms. The molecule has 7 nitrogen and oxygen atoms in total. The van der Waals surface area contributed by atoms with Crippen LogP contribution in [0, 0.1) is 11.8 Å². The summed E-state index contributed by atoms with van der Waals surface area (Å²) in [5, 5.41) is 10.8. The smallest absolute Gasteiger partial charge is 0.416 e. The zero-order valence-corrected chi connectivity index (χ0v) is 20.6. The second-order valence-corrected chi connectivity index (χ2v) is 8.96.